The molecule has 0 bridgehead atoms. The van der Waals surface area contributed by atoms with Gasteiger partial charge in [-0.15, -0.1) is 0 Å². The van der Waals surface area contributed by atoms with Crippen LogP contribution >= 0.6 is 0 Å². The maximum atomic E-state index is 11.9. The molecule has 118 valence electrons. The molecule has 5 heteroatoms. The monoisotopic (exact) mass is 293 g/mol. The SMILES string of the molecule is COCCC(C)(C)CNc1ccc(C(=O)N(C)C)cc1N. The number of benzene rings is 1. The lowest BCUT2D eigenvalue weighted by atomic mass is 9.89. The summed E-state index contributed by atoms with van der Waals surface area (Å²) in [4.78, 5) is 13.4. The van der Waals surface area contributed by atoms with Crippen molar-refractivity contribution in [3.8, 4) is 0 Å². The molecule has 1 aromatic carbocycles. The van der Waals surface area contributed by atoms with E-state index in [0.29, 0.717) is 11.3 Å². The summed E-state index contributed by atoms with van der Waals surface area (Å²) in [5.41, 5.74) is 8.19. The first kappa shape index (κ1) is 17.3. The minimum absolute atomic E-state index is 0.0475. The number of nitrogens with zero attached hydrogens (tertiary/aromatic N) is 1. The number of hydrogen-bond donors (Lipinski definition) is 2. The van der Waals surface area contributed by atoms with Gasteiger partial charge in [0.2, 0.25) is 0 Å². The summed E-state index contributed by atoms with van der Waals surface area (Å²) >= 11 is 0. The molecular formula is C16H27N3O2. The molecule has 0 aromatic heterocycles. The molecule has 0 atom stereocenters. The van der Waals surface area contributed by atoms with Gasteiger partial charge in [0.1, 0.15) is 0 Å². The van der Waals surface area contributed by atoms with Crippen molar-refractivity contribution in [3.05, 3.63) is 23.8 Å². The lowest BCUT2D eigenvalue weighted by molar-refractivity contribution is 0.0827. The summed E-state index contributed by atoms with van der Waals surface area (Å²) in [5, 5.41) is 3.35. The molecule has 0 heterocycles. The van der Waals surface area contributed by atoms with E-state index >= 15 is 0 Å². The van der Waals surface area contributed by atoms with E-state index < -0.39 is 0 Å². The zero-order chi connectivity index (χ0) is 16.0. The Balaban J connectivity index is 2.71. The van der Waals surface area contributed by atoms with Crippen LogP contribution in [0.1, 0.15) is 30.6 Å². The second-order valence-corrected chi connectivity index (χ2v) is 6.26. The summed E-state index contributed by atoms with van der Waals surface area (Å²) in [6, 6.07) is 5.37. The molecule has 0 aliphatic carbocycles. The molecule has 0 unspecified atom stereocenters. The van der Waals surface area contributed by atoms with Crippen LogP contribution in [0.15, 0.2) is 18.2 Å². The van der Waals surface area contributed by atoms with Gasteiger partial charge in [-0.2, -0.15) is 0 Å². The average Bonchev–Trinajstić information content (AvgIpc) is 2.43. The van der Waals surface area contributed by atoms with E-state index in [1.54, 1.807) is 33.3 Å². The minimum atomic E-state index is -0.0475. The molecule has 0 aliphatic heterocycles. The molecule has 1 aromatic rings. The number of rotatable bonds is 7. The molecule has 21 heavy (non-hydrogen) atoms. The van der Waals surface area contributed by atoms with Gasteiger partial charge < -0.3 is 20.7 Å². The first-order valence-electron chi connectivity index (χ1n) is 7.11. The zero-order valence-corrected chi connectivity index (χ0v) is 13.7. The quantitative estimate of drug-likeness (QED) is 0.758. The predicted molar refractivity (Wildman–Crippen MR) is 87.6 cm³/mol. The Morgan fingerprint density at radius 2 is 2.05 bits per heavy atom. The molecule has 1 amide bonds. The molecule has 0 saturated carbocycles. The molecule has 1 rings (SSSR count). The summed E-state index contributed by atoms with van der Waals surface area (Å²) in [7, 11) is 5.16. The van der Waals surface area contributed by atoms with Gasteiger partial charge in [-0.1, -0.05) is 13.8 Å². The number of carbonyl (C=O) groups excluding carboxylic acids is 1. The molecule has 3 N–H and O–H groups in total. The Morgan fingerprint density at radius 3 is 2.57 bits per heavy atom. The van der Waals surface area contributed by atoms with Gasteiger partial charge in [-0.25, -0.2) is 0 Å². The molecule has 0 spiro atoms. The first-order chi connectivity index (χ1) is 9.76. The third-order valence-corrected chi connectivity index (χ3v) is 3.45. The number of hydrogen-bond acceptors (Lipinski definition) is 4. The Hall–Kier alpha value is -1.75. The zero-order valence-electron chi connectivity index (χ0n) is 13.7. The number of nitrogens with one attached hydrogen (secondary N) is 1. The van der Waals surface area contributed by atoms with Crippen molar-refractivity contribution in [1.29, 1.82) is 0 Å². The lowest BCUT2D eigenvalue weighted by Gasteiger charge is -2.25. The van der Waals surface area contributed by atoms with Crippen molar-refractivity contribution in [2.75, 3.05) is 45.4 Å². The van der Waals surface area contributed by atoms with Gasteiger partial charge in [-0.05, 0) is 30.0 Å². The third kappa shape index (κ3) is 5.27. The van der Waals surface area contributed by atoms with E-state index in [9.17, 15) is 4.79 Å². The standard InChI is InChI=1S/C16H27N3O2/c1-16(2,8-9-21-5)11-18-14-7-6-12(10-13(14)17)15(20)19(3)4/h6-7,10,18H,8-9,11,17H2,1-5H3. The van der Waals surface area contributed by atoms with Crippen LogP contribution in [0, 0.1) is 5.41 Å². The number of anilines is 2. The Kier molecular flexibility index (Phi) is 6.03. The molecule has 0 fully saturated rings. The van der Waals surface area contributed by atoms with Crippen LogP contribution < -0.4 is 11.1 Å². The maximum Gasteiger partial charge on any atom is 0.253 e. The summed E-state index contributed by atoms with van der Waals surface area (Å²) < 4.78 is 5.12. The van der Waals surface area contributed by atoms with Gasteiger partial charge in [0.25, 0.3) is 5.91 Å². The summed E-state index contributed by atoms with van der Waals surface area (Å²) in [5.74, 6) is -0.0475. The van der Waals surface area contributed by atoms with E-state index in [0.717, 1.165) is 25.3 Å². The Bertz CT molecular complexity index is 484. The third-order valence-electron chi connectivity index (χ3n) is 3.45. The lowest BCUT2D eigenvalue weighted by Crippen LogP contribution is -2.25. The normalized spacial score (nSPS) is 11.3. The number of methoxy groups -OCH3 is 1. The number of nitrogen functional groups attached to an aromatic ring is 1. The van der Waals surface area contributed by atoms with Crippen molar-refractivity contribution in [1.82, 2.24) is 4.90 Å². The van der Waals surface area contributed by atoms with Crippen molar-refractivity contribution < 1.29 is 9.53 Å². The number of nitrogens with two attached hydrogens (primary N) is 1. The number of amides is 1. The van der Waals surface area contributed by atoms with Crippen molar-refractivity contribution >= 4 is 17.3 Å². The van der Waals surface area contributed by atoms with E-state index in [-0.39, 0.29) is 11.3 Å². The van der Waals surface area contributed by atoms with E-state index in [4.69, 9.17) is 10.5 Å². The molecule has 0 saturated heterocycles. The molecule has 5 nitrogen and oxygen atoms in total. The topological polar surface area (TPSA) is 67.6 Å². The van der Waals surface area contributed by atoms with E-state index in [1.807, 2.05) is 6.07 Å². The second-order valence-electron chi connectivity index (χ2n) is 6.26. The fraction of sp³-hybridized carbons (Fsp3) is 0.562. The summed E-state index contributed by atoms with van der Waals surface area (Å²) in [6.45, 7) is 5.89. The van der Waals surface area contributed by atoms with E-state index in [1.165, 1.54) is 4.90 Å². The second kappa shape index (κ2) is 7.31. The highest BCUT2D eigenvalue weighted by Gasteiger charge is 2.18. The predicted octanol–water partition coefficient (Wildman–Crippen LogP) is 2.45. The van der Waals surface area contributed by atoms with Gasteiger partial charge in [0.05, 0.1) is 11.4 Å². The van der Waals surface area contributed by atoms with Crippen molar-refractivity contribution in [2.24, 2.45) is 5.41 Å². The molecule has 0 aliphatic rings. The van der Waals surface area contributed by atoms with Crippen LogP contribution in [0.2, 0.25) is 0 Å². The smallest absolute Gasteiger partial charge is 0.253 e. The van der Waals surface area contributed by atoms with Crippen LogP contribution in [0.5, 0.6) is 0 Å². The van der Waals surface area contributed by atoms with Gasteiger partial charge >= 0.3 is 0 Å². The largest absolute Gasteiger partial charge is 0.397 e. The number of carbonyl (C=O) groups is 1. The van der Waals surface area contributed by atoms with Gasteiger partial charge in [0, 0.05) is 39.9 Å². The highest BCUT2D eigenvalue weighted by atomic mass is 16.5. The van der Waals surface area contributed by atoms with Crippen molar-refractivity contribution in [2.45, 2.75) is 20.3 Å². The minimum Gasteiger partial charge on any atom is -0.397 e. The highest BCUT2D eigenvalue weighted by Crippen LogP contribution is 2.25. The van der Waals surface area contributed by atoms with Gasteiger partial charge in [0.15, 0.2) is 0 Å². The fourth-order valence-electron chi connectivity index (χ4n) is 1.92. The van der Waals surface area contributed by atoms with Crippen molar-refractivity contribution in [3.63, 3.8) is 0 Å². The fourth-order valence-corrected chi connectivity index (χ4v) is 1.92. The highest BCUT2D eigenvalue weighted by molar-refractivity contribution is 5.95. The van der Waals surface area contributed by atoms with Gasteiger partial charge in [-0.3, -0.25) is 4.79 Å². The molecule has 0 radical (unpaired) electrons. The van der Waals surface area contributed by atoms with Crippen LogP contribution in [0.4, 0.5) is 11.4 Å². The van der Waals surface area contributed by atoms with Crippen LogP contribution in [-0.4, -0.2) is 45.2 Å². The van der Waals surface area contributed by atoms with Crippen LogP contribution in [-0.2, 0) is 4.74 Å². The Labute approximate surface area is 127 Å². The maximum absolute atomic E-state index is 11.9. The first-order valence-corrected chi connectivity index (χ1v) is 7.11. The average molecular weight is 293 g/mol. The molecular weight excluding hydrogens is 266 g/mol. The van der Waals surface area contributed by atoms with Crippen LogP contribution in [0.25, 0.3) is 0 Å². The van der Waals surface area contributed by atoms with E-state index in [2.05, 4.69) is 19.2 Å². The number of ether oxygens (including phenoxy) is 1. The van der Waals surface area contributed by atoms with Crippen LogP contribution in [0.3, 0.4) is 0 Å². The summed E-state index contributed by atoms with van der Waals surface area (Å²) in [6.07, 6.45) is 0.966. The Morgan fingerprint density at radius 1 is 1.38 bits per heavy atom.